The van der Waals surface area contributed by atoms with Gasteiger partial charge in [0, 0.05) is 12.7 Å². The van der Waals surface area contributed by atoms with Crippen molar-refractivity contribution in [1.29, 1.82) is 0 Å². The van der Waals surface area contributed by atoms with Crippen LogP contribution in [0.4, 0.5) is 10.5 Å². The number of aryl methyl sites for hydroxylation is 2. The largest absolute Gasteiger partial charge is 0.322 e. The lowest BCUT2D eigenvalue weighted by Crippen LogP contribution is -2.34. The highest BCUT2D eigenvalue weighted by atomic mass is 16.2. The first kappa shape index (κ1) is 17.1. The molecule has 1 atom stereocenters. The molecule has 0 radical (unpaired) electrons. The van der Waals surface area contributed by atoms with Crippen LogP contribution in [0.2, 0.25) is 0 Å². The van der Waals surface area contributed by atoms with Crippen LogP contribution in [0.3, 0.4) is 0 Å². The molecule has 1 N–H and O–H groups in total. The van der Waals surface area contributed by atoms with Crippen LogP contribution in [-0.4, -0.2) is 18.0 Å². The van der Waals surface area contributed by atoms with Crippen LogP contribution in [0.1, 0.15) is 43.0 Å². The van der Waals surface area contributed by atoms with Crippen LogP contribution in [0.15, 0.2) is 48.5 Å². The van der Waals surface area contributed by atoms with Crippen LogP contribution in [0.5, 0.6) is 0 Å². The minimum absolute atomic E-state index is 0.0230. The van der Waals surface area contributed by atoms with Crippen LogP contribution in [0.25, 0.3) is 0 Å². The second kappa shape index (κ2) is 7.82. The zero-order valence-corrected chi connectivity index (χ0v) is 14.5. The molecule has 0 saturated heterocycles. The molecule has 0 heterocycles. The first-order chi connectivity index (χ1) is 11.0. The Morgan fingerprint density at radius 1 is 1.13 bits per heavy atom. The number of carbonyl (C=O) groups excluding carboxylic acids is 1. The van der Waals surface area contributed by atoms with Crippen molar-refractivity contribution in [2.75, 3.05) is 12.4 Å². The van der Waals surface area contributed by atoms with E-state index in [2.05, 4.69) is 18.3 Å². The number of hydrogen-bond donors (Lipinski definition) is 1. The summed E-state index contributed by atoms with van der Waals surface area (Å²) in [6, 6.07) is 16.2. The fraction of sp³-hybridized carbons (Fsp3) is 0.350. The molecule has 2 aromatic carbocycles. The molecule has 1 unspecified atom stereocenters. The molecule has 2 rings (SSSR count). The topological polar surface area (TPSA) is 32.3 Å². The monoisotopic (exact) mass is 310 g/mol. The highest BCUT2D eigenvalue weighted by Gasteiger charge is 2.18. The van der Waals surface area contributed by atoms with Gasteiger partial charge < -0.3 is 10.2 Å². The number of carbonyl (C=O) groups is 1. The summed E-state index contributed by atoms with van der Waals surface area (Å²) in [6.07, 6.45) is 2.03. The van der Waals surface area contributed by atoms with Crippen molar-refractivity contribution >= 4 is 11.7 Å². The number of hydrogen-bond acceptors (Lipinski definition) is 1. The summed E-state index contributed by atoms with van der Waals surface area (Å²) in [6.45, 7) is 6.23. The van der Waals surface area contributed by atoms with Crippen molar-refractivity contribution in [3.63, 3.8) is 0 Å². The molecule has 23 heavy (non-hydrogen) atoms. The van der Waals surface area contributed by atoms with Crippen molar-refractivity contribution in [1.82, 2.24) is 4.90 Å². The van der Waals surface area contributed by atoms with Gasteiger partial charge in [0.1, 0.15) is 0 Å². The maximum atomic E-state index is 12.7. The Balaban J connectivity index is 2.16. The van der Waals surface area contributed by atoms with Crippen molar-refractivity contribution in [2.24, 2.45) is 0 Å². The van der Waals surface area contributed by atoms with E-state index < -0.39 is 0 Å². The van der Waals surface area contributed by atoms with E-state index in [1.807, 2.05) is 63.4 Å². The number of nitrogens with zero attached hydrogens (tertiary/aromatic N) is 1. The lowest BCUT2D eigenvalue weighted by molar-refractivity contribution is 0.208. The normalized spacial score (nSPS) is 11.8. The fourth-order valence-electron chi connectivity index (χ4n) is 2.71. The maximum absolute atomic E-state index is 12.7. The lowest BCUT2D eigenvalue weighted by atomic mass is 10.0. The number of para-hydroxylation sites is 1. The molecule has 0 bridgehead atoms. The molecule has 0 spiro atoms. The molecule has 3 heteroatoms. The molecule has 0 saturated carbocycles. The predicted molar refractivity (Wildman–Crippen MR) is 96.8 cm³/mol. The first-order valence-electron chi connectivity index (χ1n) is 8.21. The second-order valence-electron chi connectivity index (χ2n) is 5.99. The number of anilines is 1. The van der Waals surface area contributed by atoms with E-state index in [9.17, 15) is 4.79 Å². The molecule has 0 aliphatic rings. The summed E-state index contributed by atoms with van der Waals surface area (Å²) in [7, 11) is 1.84. The summed E-state index contributed by atoms with van der Waals surface area (Å²) < 4.78 is 0. The van der Waals surface area contributed by atoms with E-state index in [0.29, 0.717) is 0 Å². The minimum Gasteiger partial charge on any atom is -0.321 e. The zero-order chi connectivity index (χ0) is 16.8. The molecule has 2 amide bonds. The smallest absolute Gasteiger partial charge is 0.321 e. The summed E-state index contributed by atoms with van der Waals surface area (Å²) >= 11 is 0. The number of urea groups is 1. The van der Waals surface area contributed by atoms with E-state index in [0.717, 1.165) is 29.7 Å². The van der Waals surface area contributed by atoms with Gasteiger partial charge >= 0.3 is 6.03 Å². The Labute approximate surface area is 139 Å². The van der Waals surface area contributed by atoms with Crippen LogP contribution >= 0.6 is 0 Å². The summed E-state index contributed by atoms with van der Waals surface area (Å²) in [5, 5.41) is 3.10. The number of rotatable bonds is 5. The number of benzene rings is 2. The molecule has 2 aromatic rings. The van der Waals surface area contributed by atoms with Gasteiger partial charge in [0.15, 0.2) is 0 Å². The van der Waals surface area contributed by atoms with Gasteiger partial charge in [0.2, 0.25) is 0 Å². The summed E-state index contributed by atoms with van der Waals surface area (Å²) in [4.78, 5) is 14.4. The second-order valence-corrected chi connectivity index (χ2v) is 5.99. The molecule has 3 nitrogen and oxygen atoms in total. The SMILES string of the molecule is CCCc1cccc(C)c1NC(=O)N(C)C(C)c1ccccc1. The van der Waals surface area contributed by atoms with Gasteiger partial charge in [0.25, 0.3) is 0 Å². The molecular weight excluding hydrogens is 284 g/mol. The Hall–Kier alpha value is -2.29. The van der Waals surface area contributed by atoms with Crippen molar-refractivity contribution in [3.05, 3.63) is 65.2 Å². The van der Waals surface area contributed by atoms with E-state index in [4.69, 9.17) is 0 Å². The highest BCUT2D eigenvalue weighted by molar-refractivity contribution is 5.91. The van der Waals surface area contributed by atoms with Gasteiger partial charge in [-0.2, -0.15) is 0 Å². The lowest BCUT2D eigenvalue weighted by Gasteiger charge is -2.26. The zero-order valence-electron chi connectivity index (χ0n) is 14.5. The highest BCUT2D eigenvalue weighted by Crippen LogP contribution is 2.24. The molecule has 0 aromatic heterocycles. The molecular formula is C20H26N2O. The Morgan fingerprint density at radius 3 is 2.48 bits per heavy atom. The van der Waals surface area contributed by atoms with Crippen LogP contribution in [-0.2, 0) is 6.42 Å². The summed E-state index contributed by atoms with van der Waals surface area (Å²) in [5.74, 6) is 0. The summed E-state index contributed by atoms with van der Waals surface area (Å²) in [5.41, 5.74) is 4.38. The van der Waals surface area contributed by atoms with Gasteiger partial charge in [0.05, 0.1) is 6.04 Å². The average molecular weight is 310 g/mol. The van der Waals surface area contributed by atoms with E-state index >= 15 is 0 Å². The Bertz CT molecular complexity index is 652. The molecule has 0 aliphatic carbocycles. The van der Waals surface area contributed by atoms with Gasteiger partial charge in [-0.25, -0.2) is 4.79 Å². The fourth-order valence-corrected chi connectivity index (χ4v) is 2.71. The van der Waals surface area contributed by atoms with Crippen LogP contribution in [0, 0.1) is 6.92 Å². The van der Waals surface area contributed by atoms with E-state index in [1.54, 1.807) is 4.90 Å². The Morgan fingerprint density at radius 2 is 1.83 bits per heavy atom. The minimum atomic E-state index is -0.0759. The van der Waals surface area contributed by atoms with Gasteiger partial charge in [-0.1, -0.05) is 61.9 Å². The third-order valence-electron chi connectivity index (χ3n) is 4.29. The third kappa shape index (κ3) is 4.13. The van der Waals surface area contributed by atoms with Crippen LogP contribution < -0.4 is 5.32 Å². The van der Waals surface area contributed by atoms with E-state index in [-0.39, 0.29) is 12.1 Å². The predicted octanol–water partition coefficient (Wildman–Crippen LogP) is 5.17. The average Bonchev–Trinajstić information content (AvgIpc) is 2.57. The van der Waals surface area contributed by atoms with Gasteiger partial charge in [-0.15, -0.1) is 0 Å². The van der Waals surface area contributed by atoms with Crippen molar-refractivity contribution in [3.8, 4) is 0 Å². The first-order valence-corrected chi connectivity index (χ1v) is 8.21. The number of nitrogens with one attached hydrogen (secondary N) is 1. The standard InChI is InChI=1S/C20H26N2O/c1-5-10-18-14-9-11-15(2)19(18)21-20(23)22(4)16(3)17-12-7-6-8-13-17/h6-9,11-14,16H,5,10H2,1-4H3,(H,21,23). The van der Waals surface area contributed by atoms with Gasteiger partial charge in [-0.3, -0.25) is 0 Å². The Kier molecular flexibility index (Phi) is 5.80. The molecule has 122 valence electrons. The third-order valence-corrected chi connectivity index (χ3v) is 4.29. The maximum Gasteiger partial charge on any atom is 0.322 e. The van der Waals surface area contributed by atoms with Gasteiger partial charge in [-0.05, 0) is 37.0 Å². The van der Waals surface area contributed by atoms with Crippen molar-refractivity contribution < 1.29 is 4.79 Å². The molecule has 0 aliphatic heterocycles. The molecule has 0 fully saturated rings. The van der Waals surface area contributed by atoms with E-state index in [1.165, 1.54) is 5.56 Å². The quantitative estimate of drug-likeness (QED) is 0.811. The van der Waals surface area contributed by atoms with Crippen molar-refractivity contribution in [2.45, 2.75) is 39.7 Å². The number of amides is 2.